The van der Waals surface area contributed by atoms with Crippen LogP contribution in [0.5, 0.6) is 0 Å². The van der Waals surface area contributed by atoms with Crippen molar-refractivity contribution in [2.45, 2.75) is 6.04 Å². The lowest BCUT2D eigenvalue weighted by Gasteiger charge is -2.20. The lowest BCUT2D eigenvalue weighted by atomic mass is 9.95. The van der Waals surface area contributed by atoms with Crippen LogP contribution in [0.25, 0.3) is 11.1 Å². The lowest BCUT2D eigenvalue weighted by Crippen LogP contribution is -2.11. The van der Waals surface area contributed by atoms with Gasteiger partial charge in [0.15, 0.2) is 0 Å². The van der Waals surface area contributed by atoms with Gasteiger partial charge in [-0.05, 0) is 28.3 Å². The van der Waals surface area contributed by atoms with Crippen LogP contribution in [0.3, 0.4) is 0 Å². The van der Waals surface area contributed by atoms with Crippen molar-refractivity contribution in [3.8, 4) is 11.1 Å². The summed E-state index contributed by atoms with van der Waals surface area (Å²) < 4.78 is 1.92. The predicted octanol–water partition coefficient (Wildman–Crippen LogP) is 5.75. The minimum absolute atomic E-state index is 0.106. The Hall–Kier alpha value is -3.44. The molecule has 0 bridgehead atoms. The van der Waals surface area contributed by atoms with E-state index in [0.29, 0.717) is 0 Å². The van der Waals surface area contributed by atoms with Crippen molar-refractivity contribution in [1.82, 2.24) is 9.55 Å². The van der Waals surface area contributed by atoms with Crippen molar-refractivity contribution >= 4 is 17.3 Å². The third kappa shape index (κ3) is 3.52. The Balaban J connectivity index is 1.78. The molecule has 5 nitrogen and oxygen atoms in total. The summed E-state index contributed by atoms with van der Waals surface area (Å²) in [7, 11) is 0. The number of nitro groups is 1. The molecule has 3 aromatic carbocycles. The van der Waals surface area contributed by atoms with Gasteiger partial charge in [0.25, 0.3) is 5.69 Å². The molecule has 1 atom stereocenters. The summed E-state index contributed by atoms with van der Waals surface area (Å²) in [6, 6.07) is 23.0. The number of hydrogen-bond acceptors (Lipinski definition) is 3. The Morgan fingerprint density at radius 1 is 0.929 bits per heavy atom. The standard InChI is InChI=1S/C22H16ClN3O2/c23-20-11-10-19(14-21(20)26(27)28)22(25-13-12-24-15-25)18-8-6-17(7-9-18)16-4-2-1-3-5-16/h1-15,22H. The van der Waals surface area contributed by atoms with E-state index in [4.69, 9.17) is 11.6 Å². The van der Waals surface area contributed by atoms with Gasteiger partial charge >= 0.3 is 0 Å². The molecule has 6 heteroatoms. The van der Waals surface area contributed by atoms with E-state index in [1.807, 2.05) is 47.2 Å². The highest BCUT2D eigenvalue weighted by molar-refractivity contribution is 6.32. The van der Waals surface area contributed by atoms with Gasteiger partial charge in [0.2, 0.25) is 0 Å². The van der Waals surface area contributed by atoms with E-state index >= 15 is 0 Å². The van der Waals surface area contributed by atoms with Crippen molar-refractivity contribution in [3.05, 3.63) is 118 Å². The number of hydrogen-bond donors (Lipinski definition) is 0. The lowest BCUT2D eigenvalue weighted by molar-refractivity contribution is -0.384. The van der Waals surface area contributed by atoms with Crippen molar-refractivity contribution in [3.63, 3.8) is 0 Å². The number of imidazole rings is 1. The first-order chi connectivity index (χ1) is 13.6. The highest BCUT2D eigenvalue weighted by Gasteiger charge is 2.21. The Bertz CT molecular complexity index is 1090. The minimum Gasteiger partial charge on any atom is -0.326 e. The normalized spacial score (nSPS) is 11.9. The van der Waals surface area contributed by atoms with E-state index in [1.54, 1.807) is 18.6 Å². The number of benzene rings is 3. The molecule has 4 rings (SSSR count). The molecule has 0 aliphatic heterocycles. The first kappa shape index (κ1) is 17.9. The number of nitro benzene ring substituents is 1. The maximum absolute atomic E-state index is 11.3. The summed E-state index contributed by atoms with van der Waals surface area (Å²) in [5, 5.41) is 11.4. The van der Waals surface area contributed by atoms with Gasteiger partial charge in [0.05, 0.1) is 17.3 Å². The average molecular weight is 390 g/mol. The summed E-state index contributed by atoms with van der Waals surface area (Å²) in [6.45, 7) is 0. The summed E-state index contributed by atoms with van der Waals surface area (Å²) in [4.78, 5) is 15.0. The monoisotopic (exact) mass is 389 g/mol. The quantitative estimate of drug-likeness (QED) is 0.322. The van der Waals surface area contributed by atoms with Crippen LogP contribution in [-0.2, 0) is 0 Å². The van der Waals surface area contributed by atoms with Gasteiger partial charge in [-0.25, -0.2) is 4.98 Å². The van der Waals surface area contributed by atoms with Gasteiger partial charge in [-0.2, -0.15) is 0 Å². The second-order valence-electron chi connectivity index (χ2n) is 6.37. The minimum atomic E-state index is -0.463. The fraction of sp³-hybridized carbons (Fsp3) is 0.0455. The van der Waals surface area contributed by atoms with E-state index < -0.39 is 4.92 Å². The van der Waals surface area contributed by atoms with Crippen molar-refractivity contribution in [1.29, 1.82) is 0 Å². The van der Waals surface area contributed by atoms with Crippen molar-refractivity contribution in [2.24, 2.45) is 0 Å². The third-order valence-corrected chi connectivity index (χ3v) is 4.96. The van der Waals surface area contributed by atoms with Crippen molar-refractivity contribution in [2.75, 3.05) is 0 Å². The van der Waals surface area contributed by atoms with E-state index in [0.717, 1.165) is 22.3 Å². The molecule has 0 saturated carbocycles. The molecule has 0 radical (unpaired) electrons. The summed E-state index contributed by atoms with van der Waals surface area (Å²) >= 11 is 5.99. The van der Waals surface area contributed by atoms with Gasteiger partial charge in [-0.1, -0.05) is 72.3 Å². The Morgan fingerprint density at radius 2 is 1.61 bits per heavy atom. The van der Waals surface area contributed by atoms with Crippen LogP contribution in [-0.4, -0.2) is 14.5 Å². The van der Waals surface area contributed by atoms with Crippen LogP contribution >= 0.6 is 11.6 Å². The maximum Gasteiger partial charge on any atom is 0.288 e. The van der Waals surface area contributed by atoms with E-state index in [9.17, 15) is 10.1 Å². The Morgan fingerprint density at radius 3 is 2.25 bits per heavy atom. The van der Waals surface area contributed by atoms with Gasteiger partial charge in [0, 0.05) is 18.5 Å². The van der Waals surface area contributed by atoms with E-state index in [1.165, 1.54) is 6.07 Å². The molecule has 1 unspecified atom stereocenters. The van der Waals surface area contributed by atoms with E-state index in [2.05, 4.69) is 29.2 Å². The SMILES string of the molecule is O=[N+]([O-])c1cc(C(c2ccc(-c3ccccc3)cc2)n2ccnc2)ccc1Cl. The summed E-state index contributed by atoms with van der Waals surface area (Å²) in [5.41, 5.74) is 3.90. The molecule has 0 saturated heterocycles. The summed E-state index contributed by atoms with van der Waals surface area (Å²) in [5.74, 6) is 0. The number of nitrogens with zero attached hydrogens (tertiary/aromatic N) is 3. The Labute approximate surface area is 167 Å². The molecular formula is C22H16ClN3O2. The highest BCUT2D eigenvalue weighted by atomic mass is 35.5. The van der Waals surface area contributed by atoms with Gasteiger partial charge < -0.3 is 4.57 Å². The molecule has 0 aliphatic carbocycles. The molecular weight excluding hydrogens is 374 g/mol. The molecule has 28 heavy (non-hydrogen) atoms. The van der Waals surface area contributed by atoms with Gasteiger partial charge in [0.1, 0.15) is 5.02 Å². The predicted molar refractivity (Wildman–Crippen MR) is 109 cm³/mol. The fourth-order valence-corrected chi connectivity index (χ4v) is 3.47. The van der Waals surface area contributed by atoms with Crippen LogP contribution in [0.15, 0.2) is 91.5 Å². The molecule has 1 aromatic heterocycles. The molecule has 138 valence electrons. The maximum atomic E-state index is 11.3. The molecule has 0 N–H and O–H groups in total. The molecule has 4 aromatic rings. The number of aromatic nitrogens is 2. The van der Waals surface area contributed by atoms with Crippen LogP contribution in [0.2, 0.25) is 5.02 Å². The molecule has 0 amide bonds. The average Bonchev–Trinajstić information content (AvgIpc) is 3.25. The summed E-state index contributed by atoms with van der Waals surface area (Å²) in [6.07, 6.45) is 5.24. The number of halogens is 1. The first-order valence-corrected chi connectivity index (χ1v) is 9.08. The van der Waals surface area contributed by atoms with E-state index in [-0.39, 0.29) is 16.8 Å². The molecule has 1 heterocycles. The zero-order valence-electron chi connectivity index (χ0n) is 14.8. The second kappa shape index (κ2) is 7.66. The Kier molecular flexibility index (Phi) is 4.91. The van der Waals surface area contributed by atoms with Crippen LogP contribution in [0.1, 0.15) is 17.2 Å². The zero-order valence-corrected chi connectivity index (χ0v) is 15.5. The topological polar surface area (TPSA) is 61.0 Å². The second-order valence-corrected chi connectivity index (χ2v) is 6.78. The largest absolute Gasteiger partial charge is 0.326 e. The third-order valence-electron chi connectivity index (χ3n) is 4.64. The fourth-order valence-electron chi connectivity index (χ4n) is 3.29. The zero-order chi connectivity index (χ0) is 19.5. The highest BCUT2D eigenvalue weighted by Crippen LogP contribution is 2.33. The van der Waals surface area contributed by atoms with Crippen LogP contribution in [0, 0.1) is 10.1 Å². The number of rotatable bonds is 5. The molecule has 0 spiro atoms. The molecule has 0 fully saturated rings. The molecule has 0 aliphatic rings. The van der Waals surface area contributed by atoms with Gasteiger partial charge in [-0.15, -0.1) is 0 Å². The van der Waals surface area contributed by atoms with Crippen LogP contribution < -0.4 is 0 Å². The smallest absolute Gasteiger partial charge is 0.288 e. The van der Waals surface area contributed by atoms with Gasteiger partial charge in [-0.3, -0.25) is 10.1 Å². The first-order valence-electron chi connectivity index (χ1n) is 8.70. The van der Waals surface area contributed by atoms with Crippen molar-refractivity contribution < 1.29 is 4.92 Å². The van der Waals surface area contributed by atoms with Crippen LogP contribution in [0.4, 0.5) is 5.69 Å².